The maximum Gasteiger partial charge on any atom is 0.200 e. The fraction of sp³-hybridized carbons (Fsp3) is 0.647. The summed E-state index contributed by atoms with van der Waals surface area (Å²) in [6, 6.07) is 3.13. The molecule has 1 fully saturated rings. The Morgan fingerprint density at radius 2 is 1.62 bits per heavy atom. The van der Waals surface area contributed by atoms with Gasteiger partial charge in [0.2, 0.25) is 5.75 Å². The standard InChI is InChI=1S/C17H26O9/c1-4-9(8-5-10(23-2)13(19)11(6-8)24-3)25-17-16(22)15(21)14(20)12(7-18)26-17/h5-6,9,12,14-22H,4,7H2,1-3H3/t9?,12-,14-,15+,16-,17-/m1/s1. The van der Waals surface area contributed by atoms with Crippen molar-refractivity contribution in [1.82, 2.24) is 0 Å². The molecule has 9 nitrogen and oxygen atoms in total. The van der Waals surface area contributed by atoms with Crippen LogP contribution < -0.4 is 9.47 Å². The molecule has 1 aliphatic heterocycles. The van der Waals surface area contributed by atoms with Crippen molar-refractivity contribution in [2.75, 3.05) is 20.8 Å². The summed E-state index contributed by atoms with van der Waals surface area (Å²) in [6.45, 7) is 1.29. The van der Waals surface area contributed by atoms with Crippen LogP contribution in [0.1, 0.15) is 25.0 Å². The van der Waals surface area contributed by atoms with Crippen LogP contribution in [0.5, 0.6) is 17.2 Å². The summed E-state index contributed by atoms with van der Waals surface area (Å²) >= 11 is 0. The van der Waals surface area contributed by atoms with Crippen molar-refractivity contribution in [3.63, 3.8) is 0 Å². The van der Waals surface area contributed by atoms with Gasteiger partial charge in [0.1, 0.15) is 24.4 Å². The zero-order valence-electron chi connectivity index (χ0n) is 14.9. The number of ether oxygens (including phenoxy) is 4. The van der Waals surface area contributed by atoms with Gasteiger partial charge in [0.05, 0.1) is 26.9 Å². The zero-order chi connectivity index (χ0) is 19.4. The van der Waals surface area contributed by atoms with Crippen molar-refractivity contribution in [2.45, 2.75) is 50.2 Å². The Balaban J connectivity index is 2.26. The summed E-state index contributed by atoms with van der Waals surface area (Å²) in [5.74, 6) is 0.229. The van der Waals surface area contributed by atoms with Crippen molar-refractivity contribution in [3.05, 3.63) is 17.7 Å². The Kier molecular flexibility index (Phi) is 7.04. The van der Waals surface area contributed by atoms with Gasteiger partial charge in [-0.15, -0.1) is 0 Å². The van der Waals surface area contributed by atoms with Gasteiger partial charge in [-0.05, 0) is 24.1 Å². The highest BCUT2D eigenvalue weighted by Crippen LogP contribution is 2.40. The maximum absolute atomic E-state index is 10.1. The number of hydrogen-bond acceptors (Lipinski definition) is 9. The third-order valence-electron chi connectivity index (χ3n) is 4.39. The predicted molar refractivity (Wildman–Crippen MR) is 89.1 cm³/mol. The molecule has 0 aromatic heterocycles. The molecule has 2 rings (SSSR count). The molecule has 0 spiro atoms. The third-order valence-corrected chi connectivity index (χ3v) is 4.39. The van der Waals surface area contributed by atoms with Crippen molar-refractivity contribution in [1.29, 1.82) is 0 Å². The highest BCUT2D eigenvalue weighted by atomic mass is 16.7. The second-order valence-corrected chi connectivity index (χ2v) is 6.00. The monoisotopic (exact) mass is 374 g/mol. The topological polar surface area (TPSA) is 138 Å². The number of rotatable bonds is 7. The summed E-state index contributed by atoms with van der Waals surface area (Å²) in [7, 11) is 2.80. The summed E-state index contributed by atoms with van der Waals surface area (Å²) in [6.07, 6.45) is -6.92. The molecular weight excluding hydrogens is 348 g/mol. The molecule has 5 N–H and O–H groups in total. The first-order valence-electron chi connectivity index (χ1n) is 8.28. The first kappa shape index (κ1) is 20.7. The number of hydrogen-bond donors (Lipinski definition) is 5. The summed E-state index contributed by atoms with van der Waals surface area (Å²) in [5.41, 5.74) is 0.593. The Morgan fingerprint density at radius 3 is 2.08 bits per heavy atom. The van der Waals surface area contributed by atoms with E-state index in [-0.39, 0.29) is 17.2 Å². The van der Waals surface area contributed by atoms with Crippen LogP contribution in [0.3, 0.4) is 0 Å². The summed E-state index contributed by atoms with van der Waals surface area (Å²) < 4.78 is 21.4. The molecule has 0 saturated carbocycles. The van der Waals surface area contributed by atoms with Crippen LogP contribution >= 0.6 is 0 Å². The summed E-state index contributed by atoms with van der Waals surface area (Å²) in [4.78, 5) is 0. The normalized spacial score (nSPS) is 30.0. The van der Waals surface area contributed by atoms with E-state index in [1.807, 2.05) is 6.92 Å². The largest absolute Gasteiger partial charge is 0.502 e. The molecular formula is C17H26O9. The van der Waals surface area contributed by atoms with Gasteiger partial charge in [0.25, 0.3) is 0 Å². The number of aromatic hydroxyl groups is 1. The molecule has 1 unspecified atom stereocenters. The van der Waals surface area contributed by atoms with Crippen LogP contribution in [0.2, 0.25) is 0 Å². The molecule has 148 valence electrons. The Hall–Kier alpha value is -1.62. The molecule has 1 aromatic carbocycles. The quantitative estimate of drug-likeness (QED) is 0.434. The van der Waals surface area contributed by atoms with Gasteiger partial charge >= 0.3 is 0 Å². The average Bonchev–Trinajstić information content (AvgIpc) is 2.66. The minimum Gasteiger partial charge on any atom is -0.502 e. The van der Waals surface area contributed by atoms with Gasteiger partial charge in [0, 0.05) is 0 Å². The molecule has 1 saturated heterocycles. The number of aliphatic hydroxyl groups excluding tert-OH is 4. The molecule has 0 radical (unpaired) electrons. The molecule has 26 heavy (non-hydrogen) atoms. The van der Waals surface area contributed by atoms with E-state index in [9.17, 15) is 25.5 Å². The van der Waals surface area contributed by atoms with Crippen LogP contribution in [0, 0.1) is 0 Å². The Bertz CT molecular complexity index is 567. The molecule has 1 heterocycles. The van der Waals surface area contributed by atoms with E-state index in [0.29, 0.717) is 12.0 Å². The zero-order valence-corrected chi connectivity index (χ0v) is 14.9. The number of phenols is 1. The van der Waals surface area contributed by atoms with Crippen molar-refractivity contribution in [3.8, 4) is 17.2 Å². The number of phenolic OH excluding ortho intramolecular Hbond substituents is 1. The minimum atomic E-state index is -1.52. The molecule has 6 atom stereocenters. The molecule has 9 heteroatoms. The van der Waals surface area contributed by atoms with E-state index in [1.165, 1.54) is 14.2 Å². The fourth-order valence-electron chi connectivity index (χ4n) is 2.85. The first-order valence-corrected chi connectivity index (χ1v) is 8.28. The van der Waals surface area contributed by atoms with Crippen molar-refractivity contribution in [2.24, 2.45) is 0 Å². The van der Waals surface area contributed by atoms with E-state index in [1.54, 1.807) is 12.1 Å². The van der Waals surface area contributed by atoms with Crippen LogP contribution in [0.25, 0.3) is 0 Å². The van der Waals surface area contributed by atoms with E-state index in [0.717, 1.165) is 0 Å². The van der Waals surface area contributed by atoms with Gasteiger partial charge < -0.3 is 44.5 Å². The number of aliphatic hydroxyl groups is 4. The maximum atomic E-state index is 10.1. The number of benzene rings is 1. The second kappa shape index (κ2) is 8.85. The van der Waals surface area contributed by atoms with E-state index >= 15 is 0 Å². The second-order valence-electron chi connectivity index (χ2n) is 6.00. The van der Waals surface area contributed by atoms with Crippen LogP contribution in [-0.2, 0) is 9.47 Å². The molecule has 1 aromatic rings. The smallest absolute Gasteiger partial charge is 0.200 e. The Labute approximate surface area is 151 Å². The van der Waals surface area contributed by atoms with Gasteiger partial charge in [-0.3, -0.25) is 0 Å². The van der Waals surface area contributed by atoms with Gasteiger partial charge in [0.15, 0.2) is 17.8 Å². The van der Waals surface area contributed by atoms with E-state index in [2.05, 4.69) is 0 Å². The van der Waals surface area contributed by atoms with Gasteiger partial charge in [-0.1, -0.05) is 6.92 Å². The lowest BCUT2D eigenvalue weighted by atomic mass is 9.99. The van der Waals surface area contributed by atoms with Gasteiger partial charge in [-0.25, -0.2) is 0 Å². The van der Waals surface area contributed by atoms with E-state index in [4.69, 9.17) is 18.9 Å². The highest BCUT2D eigenvalue weighted by Gasteiger charge is 2.44. The van der Waals surface area contributed by atoms with Crippen LogP contribution in [0.15, 0.2) is 12.1 Å². The predicted octanol–water partition coefficient (Wildman–Crippen LogP) is -0.323. The third kappa shape index (κ3) is 4.03. The Morgan fingerprint density at radius 1 is 1.04 bits per heavy atom. The van der Waals surface area contributed by atoms with Crippen LogP contribution in [-0.4, -0.2) is 77.1 Å². The number of methoxy groups -OCH3 is 2. The lowest BCUT2D eigenvalue weighted by Crippen LogP contribution is -2.59. The van der Waals surface area contributed by atoms with E-state index < -0.39 is 43.4 Å². The lowest BCUT2D eigenvalue weighted by molar-refractivity contribution is -0.312. The van der Waals surface area contributed by atoms with Crippen LogP contribution in [0.4, 0.5) is 0 Å². The lowest BCUT2D eigenvalue weighted by Gasteiger charge is -2.40. The van der Waals surface area contributed by atoms with Crippen molar-refractivity contribution >= 4 is 0 Å². The van der Waals surface area contributed by atoms with Crippen molar-refractivity contribution < 1.29 is 44.5 Å². The first-order chi connectivity index (χ1) is 12.4. The average molecular weight is 374 g/mol. The summed E-state index contributed by atoms with van der Waals surface area (Å²) in [5, 5.41) is 49.1. The molecule has 1 aliphatic rings. The SMILES string of the molecule is CCC(O[C@@H]1O[C@H](CO)[C@@H](O)[C@H](O)[C@H]1O)c1cc(OC)c(O)c(OC)c1. The molecule has 0 bridgehead atoms. The molecule has 0 aliphatic carbocycles. The highest BCUT2D eigenvalue weighted by molar-refractivity contribution is 5.53. The van der Waals surface area contributed by atoms with Gasteiger partial charge in [-0.2, -0.15) is 0 Å². The molecule has 0 amide bonds. The minimum absolute atomic E-state index is 0.151. The fourth-order valence-corrected chi connectivity index (χ4v) is 2.85.